The summed E-state index contributed by atoms with van der Waals surface area (Å²) in [6.45, 7) is 12.8. The van der Waals surface area contributed by atoms with Crippen LogP contribution in [0.4, 0.5) is 0 Å². The van der Waals surface area contributed by atoms with Crippen LogP contribution in [0.3, 0.4) is 0 Å². The first-order chi connectivity index (χ1) is 34.8. The summed E-state index contributed by atoms with van der Waals surface area (Å²) in [5, 5.41) is 0. The van der Waals surface area contributed by atoms with Crippen LogP contribution in [0.5, 0.6) is 0 Å². The minimum Gasteiger partial charge on any atom is -0.465 e. The average molecular weight is 979 g/mol. The Morgan fingerprint density at radius 2 is 0.639 bits per heavy atom. The molecule has 5 unspecified atom stereocenters. The Labute approximate surface area is 421 Å². The lowest BCUT2D eigenvalue weighted by molar-refractivity contribution is -0.165. The molecule has 12 aliphatic rings. The summed E-state index contributed by atoms with van der Waals surface area (Å²) in [5.74, 6) is -7.52. The van der Waals surface area contributed by atoms with Crippen molar-refractivity contribution in [1.29, 1.82) is 0 Å². The molecule has 12 atom stereocenters. The lowest BCUT2D eigenvalue weighted by atomic mass is 9.71. The average Bonchev–Trinajstić information content (AvgIpc) is 4.27. The smallest absolute Gasteiger partial charge is 0.329 e. The summed E-state index contributed by atoms with van der Waals surface area (Å²) in [5.41, 5.74) is 1.18. The number of benzene rings is 1. The van der Waals surface area contributed by atoms with Crippen molar-refractivity contribution in [1.82, 2.24) is 0 Å². The topological polar surface area (TPSA) is 158 Å². The zero-order valence-corrected chi connectivity index (χ0v) is 42.6. The van der Waals surface area contributed by atoms with Gasteiger partial charge in [0.15, 0.2) is 16.2 Å². The molecule has 9 aliphatic carbocycles. The Kier molecular flexibility index (Phi) is 9.97. The third kappa shape index (κ3) is 4.73. The van der Waals surface area contributed by atoms with Crippen LogP contribution in [-0.4, -0.2) is 55.6 Å². The fraction of sp³-hybridized carbons (Fsp3) is 0.600. The van der Waals surface area contributed by atoms with E-state index in [1.54, 1.807) is 0 Å². The van der Waals surface area contributed by atoms with Crippen molar-refractivity contribution in [2.45, 2.75) is 154 Å². The van der Waals surface area contributed by atoms with Crippen LogP contribution >= 0.6 is 0 Å². The van der Waals surface area contributed by atoms with Crippen molar-refractivity contribution >= 4 is 52.5 Å². The van der Waals surface area contributed by atoms with Gasteiger partial charge in [-0.15, -0.1) is 0 Å². The molecule has 378 valence electrons. The maximum atomic E-state index is 15.7. The van der Waals surface area contributed by atoms with Crippen LogP contribution in [-0.2, 0) is 73.4 Å². The molecule has 0 N–H and O–H groups in total. The van der Waals surface area contributed by atoms with Gasteiger partial charge in [0, 0.05) is 34.0 Å². The Morgan fingerprint density at radius 1 is 0.375 bits per heavy atom. The molecule has 3 saturated carbocycles. The highest BCUT2D eigenvalue weighted by Crippen LogP contribution is 2.95. The van der Waals surface area contributed by atoms with Crippen molar-refractivity contribution in [3.63, 3.8) is 0 Å². The molecule has 3 heterocycles. The van der Waals surface area contributed by atoms with E-state index in [2.05, 4.69) is 20.8 Å². The number of hydrogen-bond acceptors (Lipinski definition) is 12. The van der Waals surface area contributed by atoms with Gasteiger partial charge in [-0.05, 0) is 165 Å². The van der Waals surface area contributed by atoms with Crippen molar-refractivity contribution in [3.8, 4) is 0 Å². The van der Waals surface area contributed by atoms with Crippen molar-refractivity contribution in [3.05, 3.63) is 87.1 Å². The van der Waals surface area contributed by atoms with Gasteiger partial charge in [-0.2, -0.15) is 0 Å². The molecule has 0 radical (unpaired) electrons. The van der Waals surface area contributed by atoms with Gasteiger partial charge in [0.1, 0.15) is 0 Å². The van der Waals surface area contributed by atoms with Gasteiger partial charge >= 0.3 is 35.8 Å². The first-order valence-corrected chi connectivity index (χ1v) is 27.3. The molecule has 12 heteroatoms. The molecule has 0 aromatic heterocycles. The molecule has 1 aromatic rings. The van der Waals surface area contributed by atoms with E-state index < -0.39 is 104 Å². The largest absolute Gasteiger partial charge is 0.465 e. The summed E-state index contributed by atoms with van der Waals surface area (Å²) >= 11 is 0. The number of hydrogen-bond donors (Lipinski definition) is 0. The molecular weight excluding hydrogens is 913 g/mol. The van der Waals surface area contributed by atoms with E-state index in [0.29, 0.717) is 38.5 Å². The van der Waals surface area contributed by atoms with Gasteiger partial charge in [-0.1, -0.05) is 76.0 Å². The van der Waals surface area contributed by atoms with E-state index in [1.165, 1.54) is 18.8 Å². The van der Waals surface area contributed by atoms with Gasteiger partial charge < -0.3 is 28.4 Å². The van der Waals surface area contributed by atoms with Crippen LogP contribution < -0.4 is 0 Å². The molecule has 12 nitrogen and oxygen atoms in total. The zero-order valence-electron chi connectivity index (χ0n) is 42.6. The van der Waals surface area contributed by atoms with Gasteiger partial charge in [0.05, 0.1) is 38.6 Å². The monoisotopic (exact) mass is 978 g/mol. The fourth-order valence-electron chi connectivity index (χ4n) is 18.9. The van der Waals surface area contributed by atoms with Crippen molar-refractivity contribution in [2.75, 3.05) is 19.8 Å². The van der Waals surface area contributed by atoms with E-state index in [-0.39, 0.29) is 19.8 Å². The van der Waals surface area contributed by atoms with Gasteiger partial charge in [0.25, 0.3) is 0 Å². The molecule has 3 aliphatic heterocycles. The third-order valence-corrected chi connectivity index (χ3v) is 21.1. The maximum Gasteiger partial charge on any atom is 0.329 e. The zero-order chi connectivity index (χ0) is 50.1. The van der Waals surface area contributed by atoms with Crippen LogP contribution in [0.15, 0.2) is 53.7 Å². The van der Waals surface area contributed by atoms with E-state index in [0.717, 1.165) is 125 Å². The summed E-state index contributed by atoms with van der Waals surface area (Å²) in [6, 6.07) is 0. The number of ether oxygens (including phenoxy) is 6. The summed E-state index contributed by atoms with van der Waals surface area (Å²) < 4.78 is 38.0. The normalized spacial score (nSPS) is 42.9. The minimum absolute atomic E-state index is 0.129. The SMILES string of the molecule is CC1=C2c3c4c5c6c7c3[C@]3([C@H]2C)[C@H]2C(C)=C7[C@H](C)[C@]67[C@H]6C(C)=C5[C@H](C)C45C1C51C(=O)O/C=C/CCCCCCOC(=O)C23C(=O)O/C=C/CCCCCCOC(=O)C67C(=O)O/C=C/CCCCCCOC1=O. The summed E-state index contributed by atoms with van der Waals surface area (Å²) in [4.78, 5) is 94.3. The number of carbonyl (C=O) groups excluding carboxylic acids is 6. The second-order valence-corrected chi connectivity index (χ2v) is 23.4. The molecule has 13 rings (SSSR count). The molecule has 0 amide bonds. The van der Waals surface area contributed by atoms with Crippen LogP contribution in [0, 0.1) is 51.8 Å². The van der Waals surface area contributed by atoms with E-state index in [4.69, 9.17) is 28.4 Å². The fourth-order valence-corrected chi connectivity index (χ4v) is 18.9. The molecule has 72 heavy (non-hydrogen) atoms. The highest BCUT2D eigenvalue weighted by atomic mass is 16.6. The highest BCUT2D eigenvalue weighted by molar-refractivity contribution is 6.21. The van der Waals surface area contributed by atoms with Crippen LogP contribution in [0.25, 0.3) is 16.7 Å². The Balaban J connectivity index is 1.18. The molecule has 0 saturated heterocycles. The lowest BCUT2D eigenvalue weighted by Crippen LogP contribution is -2.39. The standard InChI is InChI=1S/C60H66O12/c1-31-37-34(4)56-44-40(37)43-41-38-32(2)48-57-36(6)39(42(44)45(41)57)33(3)47(56)59(56)50(62)68-26-20-14-9-12-18-24-30-72-54(66)60(48,57)51(63)69-27-21-15-8-10-16-22-28-70-52(64)58(46(31)55(43,58)35(38)5)49(61)67-25-19-13-7-11-17-23-29-71-53(59)65/h19-21,25-27,34-36,46-48H,7-18,22-24,28-30H2,1-6H3/b25-19+,26-20+,27-21+/t34-,35-,36-,46+,47+,48?,55+,56+,57?,58?,59?,60?/m0/s1. The van der Waals surface area contributed by atoms with Gasteiger partial charge in [0.2, 0.25) is 0 Å². The van der Waals surface area contributed by atoms with E-state index >= 15 is 28.8 Å². The van der Waals surface area contributed by atoms with Crippen molar-refractivity contribution in [2.24, 2.45) is 51.8 Å². The molecule has 9 bridgehead atoms. The Hall–Kier alpha value is -5.52. The van der Waals surface area contributed by atoms with Crippen LogP contribution in [0.2, 0.25) is 0 Å². The maximum absolute atomic E-state index is 15.7. The number of rotatable bonds is 0. The molecule has 1 aromatic carbocycles. The minimum atomic E-state index is -1.81. The lowest BCUT2D eigenvalue weighted by Gasteiger charge is -2.30. The second-order valence-electron chi connectivity index (χ2n) is 23.4. The summed E-state index contributed by atoms with van der Waals surface area (Å²) in [6.07, 6.45) is 20.8. The number of cyclic esters (lactones) is 6. The predicted octanol–water partition coefficient (Wildman–Crippen LogP) is 10.3. The molecule has 6 spiro atoms. The Bertz CT molecular complexity index is 2610. The first-order valence-electron chi connectivity index (χ1n) is 27.3. The number of esters is 6. The van der Waals surface area contributed by atoms with Gasteiger partial charge in [-0.3, -0.25) is 28.8 Å². The second kappa shape index (κ2) is 15.5. The van der Waals surface area contributed by atoms with Crippen molar-refractivity contribution < 1.29 is 57.2 Å². The number of allylic oxidation sites excluding steroid dienone is 9. The van der Waals surface area contributed by atoms with Crippen LogP contribution in [0.1, 0.15) is 171 Å². The van der Waals surface area contributed by atoms with Gasteiger partial charge in [-0.25, -0.2) is 0 Å². The predicted molar refractivity (Wildman–Crippen MR) is 262 cm³/mol. The number of carbonyl (C=O) groups is 6. The first kappa shape index (κ1) is 46.3. The van der Waals surface area contributed by atoms with E-state index in [9.17, 15) is 0 Å². The summed E-state index contributed by atoms with van der Waals surface area (Å²) in [7, 11) is 0. The Morgan fingerprint density at radius 3 is 0.917 bits per heavy atom. The highest BCUT2D eigenvalue weighted by Gasteiger charge is 3.00. The quantitative estimate of drug-likeness (QED) is 0.138. The molecular formula is C60H66O12. The molecule has 3 fully saturated rings. The third-order valence-electron chi connectivity index (χ3n) is 21.1. The van der Waals surface area contributed by atoms with E-state index in [1.807, 2.05) is 39.0 Å².